The van der Waals surface area contributed by atoms with Crippen molar-refractivity contribution in [1.29, 1.82) is 0 Å². The summed E-state index contributed by atoms with van der Waals surface area (Å²) < 4.78 is 0. The summed E-state index contributed by atoms with van der Waals surface area (Å²) in [5, 5.41) is 22.1. The summed E-state index contributed by atoms with van der Waals surface area (Å²) in [5.74, 6) is 0.106. The number of carbonyl (C=O) groups excluding carboxylic acids is 1. The second-order valence-electron chi connectivity index (χ2n) is 10.5. The van der Waals surface area contributed by atoms with Crippen molar-refractivity contribution >= 4 is 11.9 Å². The lowest BCUT2D eigenvalue weighted by atomic mass is 9.96. The van der Waals surface area contributed by atoms with Gasteiger partial charge in [-0.2, -0.15) is 0 Å². The number of likely N-dealkylation sites (tertiary alicyclic amines) is 1. The summed E-state index contributed by atoms with van der Waals surface area (Å²) in [6.45, 7) is 8.31. The molecule has 7 nitrogen and oxygen atoms in total. The molecule has 0 bridgehead atoms. The van der Waals surface area contributed by atoms with E-state index in [9.17, 15) is 14.7 Å². The number of piperidine rings is 1. The van der Waals surface area contributed by atoms with Crippen LogP contribution in [-0.4, -0.2) is 77.2 Å². The number of hydrogen-bond donors (Lipinski definition) is 3. The van der Waals surface area contributed by atoms with E-state index in [0.717, 1.165) is 17.0 Å². The zero-order valence-electron chi connectivity index (χ0n) is 21.2. The van der Waals surface area contributed by atoms with E-state index in [1.807, 2.05) is 24.3 Å². The Kier molecular flexibility index (Phi) is 8.99. The molecule has 0 aromatic heterocycles. The lowest BCUT2D eigenvalue weighted by molar-refractivity contribution is -0.143. The Bertz CT molecular complexity index is 1030. The molecule has 2 saturated heterocycles. The number of aromatic hydroxyl groups is 1. The first kappa shape index (κ1) is 26.2. The van der Waals surface area contributed by atoms with Gasteiger partial charge >= 0.3 is 5.97 Å². The summed E-state index contributed by atoms with van der Waals surface area (Å²) in [6, 6.07) is 15.3. The summed E-state index contributed by atoms with van der Waals surface area (Å²) in [6.07, 6.45) is 4.61. The highest BCUT2D eigenvalue weighted by Gasteiger charge is 2.28. The highest BCUT2D eigenvalue weighted by atomic mass is 16.4. The second-order valence-corrected chi connectivity index (χ2v) is 10.5. The number of nitrogens with zero attached hydrogens (tertiary/aromatic N) is 2. The number of phenols is 1. The molecule has 1 atom stereocenters. The number of hydrogen-bond acceptors (Lipinski definition) is 5. The fourth-order valence-corrected chi connectivity index (χ4v) is 5.07. The molecular weight excluding hydrogens is 454 g/mol. The fraction of sp³-hybridized carbons (Fsp3) is 0.517. The summed E-state index contributed by atoms with van der Waals surface area (Å²) in [7, 11) is 0. The van der Waals surface area contributed by atoms with E-state index in [0.29, 0.717) is 44.0 Å². The Morgan fingerprint density at radius 2 is 1.67 bits per heavy atom. The summed E-state index contributed by atoms with van der Waals surface area (Å²) in [4.78, 5) is 28.0. The van der Waals surface area contributed by atoms with E-state index in [-0.39, 0.29) is 17.6 Å². The second kappa shape index (κ2) is 12.4. The van der Waals surface area contributed by atoms with Gasteiger partial charge in [0.15, 0.2) is 0 Å². The van der Waals surface area contributed by atoms with Gasteiger partial charge in [-0.25, -0.2) is 0 Å². The highest BCUT2D eigenvalue weighted by Crippen LogP contribution is 2.29. The number of phenolic OH excluding ortho intramolecular Hbond substituents is 1. The number of piperazine rings is 1. The molecule has 1 amide bonds. The SMILES string of the molecule is CC1CN(CC2CC2)CCN1.O=C(O)C1CCN(C(=O)c2cccc(Cc3cccc(O)c3)c2)CC1. The maximum atomic E-state index is 12.7. The first-order chi connectivity index (χ1) is 17.4. The number of rotatable bonds is 6. The lowest BCUT2D eigenvalue weighted by Gasteiger charge is -2.31. The molecule has 2 aliphatic heterocycles. The van der Waals surface area contributed by atoms with Crippen LogP contribution in [0.25, 0.3) is 0 Å². The molecule has 7 heteroatoms. The number of nitrogens with one attached hydrogen (secondary N) is 1. The Labute approximate surface area is 214 Å². The van der Waals surface area contributed by atoms with Crippen molar-refractivity contribution in [3.63, 3.8) is 0 Å². The minimum absolute atomic E-state index is 0.0541. The minimum Gasteiger partial charge on any atom is -0.508 e. The van der Waals surface area contributed by atoms with Crippen LogP contribution < -0.4 is 5.32 Å². The van der Waals surface area contributed by atoms with Gasteiger partial charge in [0.1, 0.15) is 5.75 Å². The third-order valence-corrected chi connectivity index (χ3v) is 7.29. The first-order valence-electron chi connectivity index (χ1n) is 13.2. The number of aliphatic carboxylic acids is 1. The van der Waals surface area contributed by atoms with E-state index in [1.165, 1.54) is 39.0 Å². The third kappa shape index (κ3) is 7.80. The molecule has 2 aromatic carbocycles. The number of carboxylic acid groups (broad SMARTS) is 1. The van der Waals surface area contributed by atoms with Crippen LogP contribution >= 0.6 is 0 Å². The third-order valence-electron chi connectivity index (χ3n) is 7.29. The molecule has 5 rings (SSSR count). The smallest absolute Gasteiger partial charge is 0.306 e. The molecule has 194 valence electrons. The zero-order valence-corrected chi connectivity index (χ0v) is 21.2. The number of amides is 1. The van der Waals surface area contributed by atoms with Gasteiger partial charge in [-0.15, -0.1) is 0 Å². The van der Waals surface area contributed by atoms with Gasteiger partial charge in [-0.1, -0.05) is 24.3 Å². The Hall–Kier alpha value is -2.90. The molecule has 3 N–H and O–H groups in total. The number of benzene rings is 2. The van der Waals surface area contributed by atoms with Crippen LogP contribution in [0.2, 0.25) is 0 Å². The average molecular weight is 494 g/mol. The monoisotopic (exact) mass is 493 g/mol. The molecule has 0 radical (unpaired) electrons. The largest absolute Gasteiger partial charge is 0.508 e. The van der Waals surface area contributed by atoms with Gasteiger partial charge in [0.2, 0.25) is 0 Å². The first-order valence-corrected chi connectivity index (χ1v) is 13.2. The van der Waals surface area contributed by atoms with Crippen molar-refractivity contribution in [3.05, 3.63) is 65.2 Å². The van der Waals surface area contributed by atoms with Gasteiger partial charge in [-0.3, -0.25) is 9.59 Å². The summed E-state index contributed by atoms with van der Waals surface area (Å²) in [5.41, 5.74) is 2.59. The predicted octanol–water partition coefficient (Wildman–Crippen LogP) is 3.61. The molecule has 1 saturated carbocycles. The van der Waals surface area contributed by atoms with Crippen LogP contribution in [-0.2, 0) is 11.2 Å². The molecule has 3 aliphatic rings. The lowest BCUT2D eigenvalue weighted by Crippen LogP contribution is -2.49. The topological polar surface area (TPSA) is 93.1 Å². The quantitative estimate of drug-likeness (QED) is 0.569. The Morgan fingerprint density at radius 3 is 2.31 bits per heavy atom. The maximum Gasteiger partial charge on any atom is 0.306 e. The number of carboxylic acids is 1. The van der Waals surface area contributed by atoms with Crippen LogP contribution in [0.4, 0.5) is 0 Å². The molecule has 1 aliphatic carbocycles. The van der Waals surface area contributed by atoms with Gasteiger partial charge in [0.25, 0.3) is 5.91 Å². The van der Waals surface area contributed by atoms with Gasteiger partial charge in [0, 0.05) is 50.9 Å². The van der Waals surface area contributed by atoms with Crippen molar-refractivity contribution < 1.29 is 19.8 Å². The normalized spacial score (nSPS) is 20.9. The van der Waals surface area contributed by atoms with Crippen LogP contribution in [0.1, 0.15) is 54.1 Å². The maximum absolute atomic E-state index is 12.7. The molecule has 1 unspecified atom stereocenters. The van der Waals surface area contributed by atoms with Crippen LogP contribution in [0.15, 0.2) is 48.5 Å². The summed E-state index contributed by atoms with van der Waals surface area (Å²) >= 11 is 0. The molecular formula is C29H39N3O4. The van der Waals surface area contributed by atoms with Crippen molar-refractivity contribution in [2.45, 2.75) is 45.1 Å². The van der Waals surface area contributed by atoms with Crippen LogP contribution in [0.5, 0.6) is 5.75 Å². The predicted molar refractivity (Wildman–Crippen MR) is 140 cm³/mol. The molecule has 2 aromatic rings. The minimum atomic E-state index is -0.778. The van der Waals surface area contributed by atoms with E-state index < -0.39 is 5.97 Å². The molecule has 36 heavy (non-hydrogen) atoms. The average Bonchev–Trinajstić information content (AvgIpc) is 3.68. The molecule has 3 fully saturated rings. The van der Waals surface area contributed by atoms with Crippen molar-refractivity contribution in [2.24, 2.45) is 11.8 Å². The van der Waals surface area contributed by atoms with Crippen molar-refractivity contribution in [1.82, 2.24) is 15.1 Å². The van der Waals surface area contributed by atoms with Gasteiger partial charge < -0.3 is 25.3 Å². The van der Waals surface area contributed by atoms with E-state index in [1.54, 1.807) is 29.2 Å². The standard InChI is InChI=1S/C20H21NO4.C9H18N2/c22-18-6-2-4-15(13-18)11-14-3-1-5-17(12-14)19(23)21-9-7-16(8-10-21)20(24)25;1-8-6-11(5-4-10-8)7-9-2-3-9/h1-6,12-13,16,22H,7-11H2,(H,24,25);8-10H,2-7H2,1H3. The molecule has 2 heterocycles. The van der Waals surface area contributed by atoms with Gasteiger partial charge in [0.05, 0.1) is 5.92 Å². The van der Waals surface area contributed by atoms with Crippen LogP contribution in [0.3, 0.4) is 0 Å². The number of carbonyl (C=O) groups is 2. The van der Waals surface area contributed by atoms with Crippen LogP contribution in [0, 0.1) is 11.8 Å². The van der Waals surface area contributed by atoms with Gasteiger partial charge in [-0.05, 0) is 80.3 Å². The Morgan fingerprint density at radius 1 is 0.972 bits per heavy atom. The van der Waals surface area contributed by atoms with E-state index in [4.69, 9.17) is 5.11 Å². The van der Waals surface area contributed by atoms with E-state index >= 15 is 0 Å². The fourth-order valence-electron chi connectivity index (χ4n) is 5.07. The molecule has 0 spiro atoms. The van der Waals surface area contributed by atoms with Crippen molar-refractivity contribution in [2.75, 3.05) is 39.3 Å². The van der Waals surface area contributed by atoms with Crippen molar-refractivity contribution in [3.8, 4) is 5.75 Å². The van der Waals surface area contributed by atoms with E-state index in [2.05, 4.69) is 17.1 Å². The highest BCUT2D eigenvalue weighted by molar-refractivity contribution is 5.94. The Balaban J connectivity index is 0.000000229. The zero-order chi connectivity index (χ0) is 25.5.